The van der Waals surface area contributed by atoms with E-state index in [1.807, 2.05) is 0 Å². The van der Waals surface area contributed by atoms with E-state index in [9.17, 15) is 17.6 Å². The zero-order valence-electron chi connectivity index (χ0n) is 11.5. The quantitative estimate of drug-likeness (QED) is 0.838. The van der Waals surface area contributed by atoms with Crippen molar-refractivity contribution in [2.75, 3.05) is 0 Å². The second-order valence-corrected chi connectivity index (χ2v) is 4.62. The van der Waals surface area contributed by atoms with E-state index in [0.29, 0.717) is 5.56 Å². The van der Waals surface area contributed by atoms with E-state index in [1.165, 1.54) is 18.2 Å². The molecule has 0 radical (unpaired) electrons. The van der Waals surface area contributed by atoms with Crippen molar-refractivity contribution in [1.29, 1.82) is 0 Å². The van der Waals surface area contributed by atoms with Crippen LogP contribution in [0.1, 0.15) is 22.7 Å². The molecule has 0 aromatic heterocycles. The first kappa shape index (κ1) is 18.3. The maximum absolute atomic E-state index is 13.8. The van der Waals surface area contributed by atoms with Gasteiger partial charge in [0.1, 0.15) is 11.6 Å². The van der Waals surface area contributed by atoms with E-state index >= 15 is 0 Å². The number of halogens is 5. The lowest BCUT2D eigenvalue weighted by molar-refractivity contribution is -0.274. The van der Waals surface area contributed by atoms with Crippen LogP contribution in [-0.4, -0.2) is 6.36 Å². The number of hydrogen-bond acceptors (Lipinski definition) is 2. The number of hydrogen-bond donors (Lipinski definition) is 1. The fourth-order valence-electron chi connectivity index (χ4n) is 1.94. The fraction of sp³-hybridized carbons (Fsp3) is 0.200. The van der Waals surface area contributed by atoms with E-state index in [-0.39, 0.29) is 23.7 Å². The number of alkyl halides is 3. The number of aryl methyl sites for hydroxylation is 1. The molecule has 2 aromatic rings. The Bertz CT molecular complexity index is 628. The minimum absolute atomic E-state index is 0. The first-order valence-corrected chi connectivity index (χ1v) is 6.13. The van der Waals surface area contributed by atoms with Crippen molar-refractivity contribution in [3.8, 4) is 5.75 Å². The molecule has 2 N–H and O–H groups in total. The third kappa shape index (κ3) is 4.61. The van der Waals surface area contributed by atoms with Gasteiger partial charge in [0.05, 0.1) is 6.04 Å². The Morgan fingerprint density at radius 2 is 1.64 bits per heavy atom. The summed E-state index contributed by atoms with van der Waals surface area (Å²) in [7, 11) is 0. The summed E-state index contributed by atoms with van der Waals surface area (Å²) in [5, 5.41) is 0. The van der Waals surface area contributed by atoms with Gasteiger partial charge in [-0.3, -0.25) is 0 Å². The van der Waals surface area contributed by atoms with E-state index in [4.69, 9.17) is 5.73 Å². The summed E-state index contributed by atoms with van der Waals surface area (Å²) in [6.07, 6.45) is -4.74. The Balaban J connectivity index is 0.00000242. The molecule has 0 saturated heterocycles. The number of ether oxygens (including phenoxy) is 1. The first-order valence-electron chi connectivity index (χ1n) is 6.13. The maximum Gasteiger partial charge on any atom is 0.573 e. The monoisotopic (exact) mass is 335 g/mol. The van der Waals surface area contributed by atoms with Crippen LogP contribution in [0.4, 0.5) is 17.6 Å². The molecule has 22 heavy (non-hydrogen) atoms. The van der Waals surface area contributed by atoms with Crippen molar-refractivity contribution in [3.63, 3.8) is 0 Å². The highest BCUT2D eigenvalue weighted by atomic mass is 35.5. The minimum atomic E-state index is -4.74. The van der Waals surface area contributed by atoms with E-state index in [1.54, 1.807) is 19.1 Å². The number of rotatable bonds is 3. The summed E-state index contributed by atoms with van der Waals surface area (Å²) in [5.74, 6) is -0.791. The topological polar surface area (TPSA) is 35.2 Å². The summed E-state index contributed by atoms with van der Waals surface area (Å²) in [6.45, 7) is 1.75. The molecule has 0 fully saturated rings. The normalized spacial score (nSPS) is 12.5. The molecular formula is C15H14ClF4NO. The molecule has 0 aliphatic rings. The van der Waals surface area contributed by atoms with Gasteiger partial charge in [0.2, 0.25) is 0 Å². The van der Waals surface area contributed by atoms with Crippen LogP contribution in [-0.2, 0) is 0 Å². The lowest BCUT2D eigenvalue weighted by Gasteiger charge is -2.15. The Morgan fingerprint density at radius 1 is 1.05 bits per heavy atom. The van der Waals surface area contributed by atoms with Crippen molar-refractivity contribution < 1.29 is 22.3 Å². The molecule has 0 saturated carbocycles. The largest absolute Gasteiger partial charge is 0.573 e. The molecular weight excluding hydrogens is 322 g/mol. The SMILES string of the molecule is Cc1ccc([C@H](N)c2ccc(OC(F)(F)F)cc2)c(F)c1.Cl. The number of benzene rings is 2. The summed E-state index contributed by atoms with van der Waals surface area (Å²) in [4.78, 5) is 0. The van der Waals surface area contributed by atoms with E-state index in [0.717, 1.165) is 17.7 Å². The molecule has 0 aliphatic carbocycles. The Labute approximate surface area is 131 Å². The lowest BCUT2D eigenvalue weighted by Crippen LogP contribution is -2.17. The minimum Gasteiger partial charge on any atom is -0.406 e. The molecule has 0 unspecified atom stereocenters. The average Bonchev–Trinajstić information content (AvgIpc) is 2.37. The van der Waals surface area contributed by atoms with Crippen LogP contribution in [0, 0.1) is 12.7 Å². The molecule has 2 rings (SSSR count). The highest BCUT2D eigenvalue weighted by molar-refractivity contribution is 5.85. The van der Waals surface area contributed by atoms with Gasteiger partial charge in [-0.25, -0.2) is 4.39 Å². The molecule has 0 spiro atoms. The Kier molecular flexibility index (Phi) is 5.79. The van der Waals surface area contributed by atoms with Crippen molar-refractivity contribution in [1.82, 2.24) is 0 Å². The molecule has 0 aliphatic heterocycles. The van der Waals surface area contributed by atoms with Crippen LogP contribution >= 0.6 is 12.4 Å². The van der Waals surface area contributed by atoms with Crippen LogP contribution in [0.5, 0.6) is 5.75 Å². The van der Waals surface area contributed by atoms with Gasteiger partial charge in [0.15, 0.2) is 0 Å². The standard InChI is InChI=1S/C15H13F4NO.ClH/c1-9-2-7-12(13(16)8-9)14(20)10-3-5-11(6-4-10)21-15(17,18)19;/h2-8,14H,20H2,1H3;1H/t14-;/m1./s1. The van der Waals surface area contributed by atoms with Gasteiger partial charge in [-0.1, -0.05) is 24.3 Å². The van der Waals surface area contributed by atoms with Crippen LogP contribution in [0.15, 0.2) is 42.5 Å². The lowest BCUT2D eigenvalue weighted by atomic mass is 9.98. The third-order valence-electron chi connectivity index (χ3n) is 2.96. The molecule has 1 atom stereocenters. The van der Waals surface area contributed by atoms with Gasteiger partial charge in [0, 0.05) is 5.56 Å². The molecule has 0 heterocycles. The highest BCUT2D eigenvalue weighted by Crippen LogP contribution is 2.27. The molecule has 120 valence electrons. The average molecular weight is 336 g/mol. The molecule has 7 heteroatoms. The predicted molar refractivity (Wildman–Crippen MR) is 77.5 cm³/mol. The first-order chi connectivity index (χ1) is 9.76. The Hall–Kier alpha value is -1.79. The van der Waals surface area contributed by atoms with Gasteiger partial charge in [-0.2, -0.15) is 0 Å². The molecule has 0 bridgehead atoms. The predicted octanol–water partition coefficient (Wildman–Crippen LogP) is 4.50. The zero-order chi connectivity index (χ0) is 15.6. The van der Waals surface area contributed by atoms with Gasteiger partial charge in [0.25, 0.3) is 0 Å². The molecule has 2 nitrogen and oxygen atoms in total. The van der Waals surface area contributed by atoms with E-state index < -0.39 is 18.2 Å². The van der Waals surface area contributed by atoms with Crippen LogP contribution in [0.2, 0.25) is 0 Å². The summed E-state index contributed by atoms with van der Waals surface area (Å²) >= 11 is 0. The van der Waals surface area contributed by atoms with Crippen LogP contribution < -0.4 is 10.5 Å². The second-order valence-electron chi connectivity index (χ2n) is 4.62. The smallest absolute Gasteiger partial charge is 0.406 e. The zero-order valence-corrected chi connectivity index (χ0v) is 12.3. The molecule has 0 amide bonds. The third-order valence-corrected chi connectivity index (χ3v) is 2.96. The van der Waals surface area contributed by atoms with Crippen molar-refractivity contribution >= 4 is 12.4 Å². The Morgan fingerprint density at radius 3 is 2.14 bits per heavy atom. The van der Waals surface area contributed by atoms with Gasteiger partial charge in [-0.05, 0) is 36.2 Å². The summed E-state index contributed by atoms with van der Waals surface area (Å²) in [6, 6.07) is 8.94. The summed E-state index contributed by atoms with van der Waals surface area (Å²) in [5.41, 5.74) is 7.48. The van der Waals surface area contributed by atoms with Gasteiger partial charge >= 0.3 is 6.36 Å². The van der Waals surface area contributed by atoms with E-state index in [2.05, 4.69) is 4.74 Å². The van der Waals surface area contributed by atoms with Crippen LogP contribution in [0.25, 0.3) is 0 Å². The highest BCUT2D eigenvalue weighted by Gasteiger charge is 2.31. The van der Waals surface area contributed by atoms with Crippen molar-refractivity contribution in [2.24, 2.45) is 5.73 Å². The van der Waals surface area contributed by atoms with Gasteiger partial charge < -0.3 is 10.5 Å². The summed E-state index contributed by atoms with van der Waals surface area (Å²) < 4.78 is 53.8. The van der Waals surface area contributed by atoms with Crippen LogP contribution in [0.3, 0.4) is 0 Å². The maximum atomic E-state index is 13.8. The fourth-order valence-corrected chi connectivity index (χ4v) is 1.94. The van der Waals surface area contributed by atoms with Gasteiger partial charge in [-0.15, -0.1) is 25.6 Å². The van der Waals surface area contributed by atoms with Crippen molar-refractivity contribution in [2.45, 2.75) is 19.3 Å². The number of nitrogens with two attached hydrogens (primary N) is 1. The second kappa shape index (κ2) is 6.98. The van der Waals surface area contributed by atoms with Crippen molar-refractivity contribution in [3.05, 3.63) is 65.0 Å². The molecule has 2 aromatic carbocycles.